The smallest absolute Gasteiger partial charge is 0.230 e. The maximum absolute atomic E-state index is 12.0. The summed E-state index contributed by atoms with van der Waals surface area (Å²) < 4.78 is 0. The Labute approximate surface area is 128 Å². The number of benzene rings is 1. The van der Waals surface area contributed by atoms with Gasteiger partial charge in [0.2, 0.25) is 5.91 Å². The molecule has 1 atom stereocenters. The van der Waals surface area contributed by atoms with Crippen molar-refractivity contribution in [1.82, 2.24) is 10.3 Å². The Hall–Kier alpha value is -1.92. The third-order valence-corrected chi connectivity index (χ3v) is 3.77. The summed E-state index contributed by atoms with van der Waals surface area (Å²) in [5, 5.41) is 18.0. The van der Waals surface area contributed by atoms with Crippen molar-refractivity contribution in [2.75, 3.05) is 11.9 Å². The van der Waals surface area contributed by atoms with Gasteiger partial charge in [-0.15, -0.1) is 11.3 Å². The molecule has 5 nitrogen and oxygen atoms in total. The quantitative estimate of drug-likeness (QED) is 0.767. The van der Waals surface area contributed by atoms with Crippen LogP contribution in [0.1, 0.15) is 31.1 Å². The van der Waals surface area contributed by atoms with Crippen LogP contribution in [0, 0.1) is 0 Å². The minimum atomic E-state index is -0.141. The normalized spacial score (nSPS) is 12.1. The van der Waals surface area contributed by atoms with Crippen LogP contribution in [-0.4, -0.2) is 22.5 Å². The van der Waals surface area contributed by atoms with Crippen LogP contribution < -0.4 is 10.6 Å². The number of nitrogens with one attached hydrogen (secondary N) is 2. The summed E-state index contributed by atoms with van der Waals surface area (Å²) in [4.78, 5) is 16.4. The highest BCUT2D eigenvalue weighted by atomic mass is 32.1. The lowest BCUT2D eigenvalue weighted by Gasteiger charge is -2.08. The highest BCUT2D eigenvalue weighted by molar-refractivity contribution is 7.13. The molecule has 1 unspecified atom stereocenters. The van der Waals surface area contributed by atoms with Gasteiger partial charge in [-0.3, -0.25) is 4.79 Å². The number of hydrogen-bond acceptors (Lipinski definition) is 5. The number of hydrogen-bond donors (Lipinski definition) is 3. The number of nitrogens with zero attached hydrogens (tertiary/aromatic N) is 1. The molecule has 0 spiro atoms. The second kappa shape index (κ2) is 7.19. The molecule has 0 aliphatic rings. The van der Waals surface area contributed by atoms with Gasteiger partial charge in [-0.05, 0) is 31.2 Å². The third kappa shape index (κ3) is 4.54. The van der Waals surface area contributed by atoms with Gasteiger partial charge in [0.15, 0.2) is 5.13 Å². The summed E-state index contributed by atoms with van der Waals surface area (Å²) in [5.41, 5.74) is 1.69. The Balaban J connectivity index is 1.94. The molecule has 2 aromatic rings. The lowest BCUT2D eigenvalue weighted by atomic mass is 10.1. The molecule has 0 bridgehead atoms. The maximum Gasteiger partial charge on any atom is 0.230 e. The Kier molecular flexibility index (Phi) is 5.30. The van der Waals surface area contributed by atoms with Crippen LogP contribution in [0.2, 0.25) is 0 Å². The molecular formula is C15H19N3O2S. The van der Waals surface area contributed by atoms with Gasteiger partial charge in [0.05, 0.1) is 12.1 Å². The molecule has 0 aliphatic carbocycles. The molecule has 6 heteroatoms. The van der Waals surface area contributed by atoms with Crippen LogP contribution in [0.5, 0.6) is 5.75 Å². The number of aromatic hydroxyl groups is 1. The van der Waals surface area contributed by atoms with E-state index < -0.39 is 0 Å². The van der Waals surface area contributed by atoms with Crippen LogP contribution in [0.15, 0.2) is 29.6 Å². The molecule has 1 aromatic heterocycles. The number of rotatable bonds is 6. The Morgan fingerprint density at radius 2 is 2.29 bits per heavy atom. The zero-order valence-electron chi connectivity index (χ0n) is 12.1. The van der Waals surface area contributed by atoms with E-state index in [2.05, 4.69) is 15.6 Å². The van der Waals surface area contributed by atoms with Crippen LogP contribution in [0.25, 0.3) is 0 Å². The molecule has 112 valence electrons. The molecule has 0 radical (unpaired) electrons. The van der Waals surface area contributed by atoms with E-state index in [1.54, 1.807) is 24.3 Å². The van der Waals surface area contributed by atoms with E-state index in [0.29, 0.717) is 5.13 Å². The van der Waals surface area contributed by atoms with Crippen LogP contribution >= 0.6 is 11.3 Å². The van der Waals surface area contributed by atoms with Gasteiger partial charge in [-0.25, -0.2) is 4.98 Å². The fourth-order valence-corrected chi connectivity index (χ4v) is 2.79. The molecule has 21 heavy (non-hydrogen) atoms. The number of carbonyl (C=O) groups is 1. The molecule has 0 saturated heterocycles. The zero-order chi connectivity index (χ0) is 15.2. The second-order valence-electron chi connectivity index (χ2n) is 4.75. The van der Waals surface area contributed by atoms with E-state index in [9.17, 15) is 9.90 Å². The minimum absolute atomic E-state index is 0.141. The number of phenols is 1. The monoisotopic (exact) mass is 305 g/mol. The van der Waals surface area contributed by atoms with Crippen molar-refractivity contribution in [3.63, 3.8) is 0 Å². The van der Waals surface area contributed by atoms with Crippen molar-refractivity contribution >= 4 is 22.4 Å². The predicted octanol–water partition coefficient (Wildman–Crippen LogP) is 2.70. The fourth-order valence-electron chi connectivity index (χ4n) is 1.97. The molecule has 0 saturated carbocycles. The number of amides is 1. The summed E-state index contributed by atoms with van der Waals surface area (Å²) in [6.07, 6.45) is 0.214. The summed E-state index contributed by atoms with van der Waals surface area (Å²) in [6.45, 7) is 4.95. The second-order valence-corrected chi connectivity index (χ2v) is 5.61. The lowest BCUT2D eigenvalue weighted by Crippen LogP contribution is -2.18. The summed E-state index contributed by atoms with van der Waals surface area (Å²) in [5.74, 6) is 0.0221. The van der Waals surface area contributed by atoms with E-state index in [-0.39, 0.29) is 24.1 Å². The molecule has 3 N–H and O–H groups in total. The van der Waals surface area contributed by atoms with Gasteiger partial charge >= 0.3 is 0 Å². The zero-order valence-corrected chi connectivity index (χ0v) is 12.9. The van der Waals surface area contributed by atoms with Gasteiger partial charge in [0.1, 0.15) is 5.75 Å². The minimum Gasteiger partial charge on any atom is -0.508 e. The van der Waals surface area contributed by atoms with Crippen molar-refractivity contribution in [3.8, 4) is 5.75 Å². The first-order valence-electron chi connectivity index (χ1n) is 6.85. The Morgan fingerprint density at radius 3 is 3.00 bits per heavy atom. The van der Waals surface area contributed by atoms with Crippen LogP contribution in [-0.2, 0) is 11.2 Å². The number of thiazole rings is 1. The average molecular weight is 305 g/mol. The Morgan fingerprint density at radius 1 is 1.48 bits per heavy atom. The van der Waals surface area contributed by atoms with Crippen LogP contribution in [0.4, 0.5) is 5.13 Å². The molecule has 1 amide bonds. The highest BCUT2D eigenvalue weighted by Crippen LogP contribution is 2.21. The molecule has 0 aliphatic heterocycles. The van der Waals surface area contributed by atoms with Crippen LogP contribution in [0.3, 0.4) is 0 Å². The number of aromatic nitrogens is 1. The van der Waals surface area contributed by atoms with Crippen molar-refractivity contribution in [2.45, 2.75) is 26.3 Å². The topological polar surface area (TPSA) is 74.2 Å². The van der Waals surface area contributed by atoms with Crippen molar-refractivity contribution < 1.29 is 9.90 Å². The van der Waals surface area contributed by atoms with E-state index in [0.717, 1.165) is 17.8 Å². The Bertz CT molecular complexity index is 612. The van der Waals surface area contributed by atoms with Crippen molar-refractivity contribution in [3.05, 3.63) is 40.9 Å². The summed E-state index contributed by atoms with van der Waals surface area (Å²) >= 11 is 1.41. The van der Waals surface area contributed by atoms with Gasteiger partial charge in [0.25, 0.3) is 0 Å². The highest BCUT2D eigenvalue weighted by Gasteiger charge is 2.11. The van der Waals surface area contributed by atoms with Crippen molar-refractivity contribution in [2.24, 2.45) is 0 Å². The largest absolute Gasteiger partial charge is 0.508 e. The first-order valence-corrected chi connectivity index (χ1v) is 7.73. The fraction of sp³-hybridized carbons (Fsp3) is 0.333. The third-order valence-electron chi connectivity index (χ3n) is 3.00. The maximum atomic E-state index is 12.0. The molecule has 1 aromatic carbocycles. The SMILES string of the molecule is CCNC(C)c1csc(NC(=O)Cc2cccc(O)c2)n1. The first kappa shape index (κ1) is 15.5. The summed E-state index contributed by atoms with van der Waals surface area (Å²) in [6, 6.07) is 6.86. The number of anilines is 1. The number of phenolic OH excluding ortho intramolecular Hbond substituents is 1. The van der Waals surface area contributed by atoms with Gasteiger partial charge < -0.3 is 15.7 Å². The van der Waals surface area contributed by atoms with E-state index in [1.165, 1.54) is 11.3 Å². The van der Waals surface area contributed by atoms with E-state index in [4.69, 9.17) is 0 Å². The lowest BCUT2D eigenvalue weighted by molar-refractivity contribution is -0.115. The standard InChI is InChI=1S/C15H19N3O2S/c1-3-16-10(2)13-9-21-15(17-13)18-14(20)8-11-5-4-6-12(19)7-11/h4-7,9-10,16,19H,3,8H2,1-2H3,(H,17,18,20). The van der Waals surface area contributed by atoms with Gasteiger partial charge in [-0.2, -0.15) is 0 Å². The van der Waals surface area contributed by atoms with Gasteiger partial charge in [0, 0.05) is 11.4 Å². The molecule has 0 fully saturated rings. The molecule has 2 rings (SSSR count). The molecule has 1 heterocycles. The average Bonchev–Trinajstić information content (AvgIpc) is 2.87. The van der Waals surface area contributed by atoms with E-state index in [1.807, 2.05) is 19.2 Å². The summed E-state index contributed by atoms with van der Waals surface area (Å²) in [7, 11) is 0. The molecular weight excluding hydrogens is 286 g/mol. The van der Waals surface area contributed by atoms with Gasteiger partial charge in [-0.1, -0.05) is 19.1 Å². The van der Waals surface area contributed by atoms with E-state index >= 15 is 0 Å². The number of carbonyl (C=O) groups excluding carboxylic acids is 1. The first-order chi connectivity index (χ1) is 10.1. The van der Waals surface area contributed by atoms with Crippen molar-refractivity contribution in [1.29, 1.82) is 0 Å². The predicted molar refractivity (Wildman–Crippen MR) is 84.6 cm³/mol.